The van der Waals surface area contributed by atoms with Crippen molar-refractivity contribution in [2.24, 2.45) is 11.8 Å². The summed E-state index contributed by atoms with van der Waals surface area (Å²) in [6.07, 6.45) is 3.37. The van der Waals surface area contributed by atoms with Gasteiger partial charge in [-0.25, -0.2) is 4.79 Å². The molecule has 0 bridgehead atoms. The molecule has 2 aliphatic rings. The van der Waals surface area contributed by atoms with Crippen LogP contribution in [0.2, 0.25) is 0 Å². The van der Waals surface area contributed by atoms with Crippen LogP contribution >= 0.6 is 0 Å². The third-order valence-corrected chi connectivity index (χ3v) is 4.62. The summed E-state index contributed by atoms with van der Waals surface area (Å²) in [5, 5.41) is 0. The molecule has 2 atom stereocenters. The van der Waals surface area contributed by atoms with E-state index in [2.05, 4.69) is 0 Å². The summed E-state index contributed by atoms with van der Waals surface area (Å²) < 4.78 is 0. The first-order valence-corrected chi connectivity index (χ1v) is 7.76. The standard InChI is InChI=1S/C17H20N2O3/c1-18(11-12-7-3-2-4-8-12)17(22)19-15(20)13-9-5-6-10-14(13)16(19)21/h2-4,7-8,13-14H,5-6,9-11H2,1H3. The Morgan fingerprint density at radius 3 is 2.18 bits per heavy atom. The summed E-state index contributed by atoms with van der Waals surface area (Å²) >= 11 is 0. The fraction of sp³-hybridized carbons (Fsp3) is 0.471. The van der Waals surface area contributed by atoms with E-state index < -0.39 is 6.03 Å². The molecule has 1 aliphatic heterocycles. The second kappa shape index (κ2) is 5.91. The monoisotopic (exact) mass is 300 g/mol. The maximum Gasteiger partial charge on any atom is 0.333 e. The number of imide groups is 3. The zero-order valence-corrected chi connectivity index (χ0v) is 12.7. The van der Waals surface area contributed by atoms with E-state index in [4.69, 9.17) is 0 Å². The van der Waals surface area contributed by atoms with Crippen molar-refractivity contribution in [3.8, 4) is 0 Å². The highest BCUT2D eigenvalue weighted by molar-refractivity contribution is 6.16. The summed E-state index contributed by atoms with van der Waals surface area (Å²) in [4.78, 5) is 39.6. The second-order valence-electron chi connectivity index (χ2n) is 6.13. The Morgan fingerprint density at radius 1 is 1.09 bits per heavy atom. The topological polar surface area (TPSA) is 57.7 Å². The van der Waals surface area contributed by atoms with Gasteiger partial charge in [0.1, 0.15) is 0 Å². The van der Waals surface area contributed by atoms with Crippen molar-refractivity contribution >= 4 is 17.8 Å². The molecular formula is C17H20N2O3. The lowest BCUT2D eigenvalue weighted by atomic mass is 9.81. The molecule has 0 aromatic heterocycles. The molecule has 2 unspecified atom stereocenters. The van der Waals surface area contributed by atoms with Gasteiger partial charge < -0.3 is 4.90 Å². The zero-order valence-electron chi connectivity index (χ0n) is 12.7. The minimum absolute atomic E-state index is 0.282. The Kier molecular flexibility index (Phi) is 3.96. The first kappa shape index (κ1) is 14.8. The number of nitrogens with zero attached hydrogens (tertiary/aromatic N) is 2. The van der Waals surface area contributed by atoms with E-state index in [1.54, 1.807) is 7.05 Å². The van der Waals surface area contributed by atoms with E-state index in [1.165, 1.54) is 4.90 Å². The number of carbonyl (C=O) groups is 3. The molecule has 1 heterocycles. The number of amides is 4. The first-order valence-electron chi connectivity index (χ1n) is 7.76. The summed E-state index contributed by atoms with van der Waals surface area (Å²) in [6.45, 7) is 0.381. The molecule has 1 aromatic rings. The smallest absolute Gasteiger partial charge is 0.323 e. The first-order chi connectivity index (χ1) is 10.6. The molecule has 0 radical (unpaired) electrons. The molecule has 5 heteroatoms. The summed E-state index contributed by atoms with van der Waals surface area (Å²) in [7, 11) is 1.62. The van der Waals surface area contributed by atoms with Gasteiger partial charge in [-0.3, -0.25) is 9.59 Å². The molecule has 3 rings (SSSR count). The fourth-order valence-electron chi connectivity index (χ4n) is 3.45. The number of hydrogen-bond acceptors (Lipinski definition) is 3. The maximum absolute atomic E-state index is 12.5. The van der Waals surface area contributed by atoms with Gasteiger partial charge in [-0.15, -0.1) is 0 Å². The fourth-order valence-corrected chi connectivity index (χ4v) is 3.45. The molecule has 22 heavy (non-hydrogen) atoms. The van der Waals surface area contributed by atoms with Crippen LogP contribution in [0.4, 0.5) is 4.79 Å². The molecule has 5 nitrogen and oxygen atoms in total. The summed E-state index contributed by atoms with van der Waals surface area (Å²) in [6, 6.07) is 9.02. The highest BCUT2D eigenvalue weighted by atomic mass is 16.2. The Balaban J connectivity index is 1.74. The highest BCUT2D eigenvalue weighted by Crippen LogP contribution is 2.38. The van der Waals surface area contributed by atoms with Crippen LogP contribution in [-0.2, 0) is 16.1 Å². The van der Waals surface area contributed by atoms with Crippen LogP contribution in [0.15, 0.2) is 30.3 Å². The largest absolute Gasteiger partial charge is 0.333 e. The van der Waals surface area contributed by atoms with Gasteiger partial charge in [0, 0.05) is 13.6 Å². The molecule has 2 fully saturated rings. The van der Waals surface area contributed by atoms with Gasteiger partial charge in [-0.05, 0) is 18.4 Å². The third-order valence-electron chi connectivity index (χ3n) is 4.62. The normalized spacial score (nSPS) is 24.3. The minimum atomic E-state index is -0.506. The Labute approximate surface area is 129 Å². The molecule has 4 amide bonds. The van der Waals surface area contributed by atoms with E-state index in [9.17, 15) is 14.4 Å². The molecule has 1 aliphatic carbocycles. The van der Waals surface area contributed by atoms with E-state index in [0.717, 1.165) is 36.1 Å². The Bertz CT molecular complexity index is 575. The SMILES string of the molecule is CN(Cc1ccccc1)C(=O)N1C(=O)C2CCCCC2C1=O. The highest BCUT2D eigenvalue weighted by Gasteiger charge is 2.51. The van der Waals surface area contributed by atoms with Crippen molar-refractivity contribution in [3.05, 3.63) is 35.9 Å². The van der Waals surface area contributed by atoms with Crippen LogP contribution in [0.1, 0.15) is 31.2 Å². The van der Waals surface area contributed by atoms with Crippen molar-refractivity contribution in [3.63, 3.8) is 0 Å². The van der Waals surface area contributed by atoms with Crippen molar-refractivity contribution in [2.45, 2.75) is 32.2 Å². The van der Waals surface area contributed by atoms with Crippen LogP contribution < -0.4 is 0 Å². The van der Waals surface area contributed by atoms with E-state index in [1.807, 2.05) is 30.3 Å². The predicted molar refractivity (Wildman–Crippen MR) is 80.6 cm³/mol. The molecule has 0 N–H and O–H groups in total. The predicted octanol–water partition coefficient (Wildman–Crippen LogP) is 2.41. The lowest BCUT2D eigenvalue weighted by Crippen LogP contribution is -2.44. The Morgan fingerprint density at radius 2 is 1.64 bits per heavy atom. The number of carbonyl (C=O) groups excluding carboxylic acids is 3. The summed E-state index contributed by atoms with van der Waals surface area (Å²) in [5.41, 5.74) is 0.967. The molecule has 1 saturated heterocycles. The van der Waals surface area contributed by atoms with Gasteiger partial charge >= 0.3 is 6.03 Å². The average Bonchev–Trinajstić information content (AvgIpc) is 2.79. The number of urea groups is 1. The lowest BCUT2D eigenvalue weighted by Gasteiger charge is -2.22. The van der Waals surface area contributed by atoms with Crippen LogP contribution in [0.3, 0.4) is 0 Å². The zero-order chi connectivity index (χ0) is 15.7. The third kappa shape index (κ3) is 2.51. The minimum Gasteiger partial charge on any atom is -0.323 e. The number of hydrogen-bond donors (Lipinski definition) is 0. The Hall–Kier alpha value is -2.17. The van der Waals surface area contributed by atoms with Crippen LogP contribution in [0.5, 0.6) is 0 Å². The van der Waals surface area contributed by atoms with E-state index >= 15 is 0 Å². The number of rotatable bonds is 2. The van der Waals surface area contributed by atoms with Crippen LogP contribution in [0.25, 0.3) is 0 Å². The number of fused-ring (bicyclic) bond motifs is 1. The van der Waals surface area contributed by atoms with Crippen LogP contribution in [0, 0.1) is 11.8 Å². The van der Waals surface area contributed by atoms with Crippen molar-refractivity contribution in [1.82, 2.24) is 9.80 Å². The van der Waals surface area contributed by atoms with Gasteiger partial charge in [0.2, 0.25) is 11.8 Å². The van der Waals surface area contributed by atoms with Crippen molar-refractivity contribution < 1.29 is 14.4 Å². The molecule has 116 valence electrons. The average molecular weight is 300 g/mol. The van der Waals surface area contributed by atoms with Crippen molar-refractivity contribution in [1.29, 1.82) is 0 Å². The van der Waals surface area contributed by atoms with E-state index in [-0.39, 0.29) is 23.7 Å². The second-order valence-corrected chi connectivity index (χ2v) is 6.13. The van der Waals surface area contributed by atoms with Gasteiger partial charge in [0.15, 0.2) is 0 Å². The van der Waals surface area contributed by atoms with Gasteiger partial charge in [-0.2, -0.15) is 4.90 Å². The van der Waals surface area contributed by atoms with Crippen LogP contribution in [-0.4, -0.2) is 34.7 Å². The number of benzene rings is 1. The summed E-state index contributed by atoms with van der Waals surface area (Å²) in [5.74, 6) is -1.18. The lowest BCUT2D eigenvalue weighted by molar-refractivity contribution is -0.136. The quantitative estimate of drug-likeness (QED) is 0.788. The molecule has 1 saturated carbocycles. The molecular weight excluding hydrogens is 280 g/mol. The van der Waals surface area contributed by atoms with Gasteiger partial charge in [0.25, 0.3) is 0 Å². The van der Waals surface area contributed by atoms with Crippen molar-refractivity contribution in [2.75, 3.05) is 7.05 Å². The maximum atomic E-state index is 12.5. The molecule has 1 aromatic carbocycles. The molecule has 0 spiro atoms. The van der Waals surface area contributed by atoms with Gasteiger partial charge in [0.05, 0.1) is 11.8 Å². The van der Waals surface area contributed by atoms with E-state index in [0.29, 0.717) is 6.54 Å². The van der Waals surface area contributed by atoms with Gasteiger partial charge in [-0.1, -0.05) is 43.2 Å². The number of likely N-dealkylation sites (tertiary alicyclic amines) is 1.